The normalized spacial score (nSPS) is 14.5. The summed E-state index contributed by atoms with van der Waals surface area (Å²) >= 11 is 0. The highest BCUT2D eigenvalue weighted by Gasteiger charge is 2.14. The second-order valence-corrected chi connectivity index (χ2v) is 6.86. The molecule has 1 aromatic carbocycles. The van der Waals surface area contributed by atoms with Crippen LogP contribution in [0.3, 0.4) is 0 Å². The molecule has 0 aromatic heterocycles. The first-order valence-electron chi connectivity index (χ1n) is 9.36. The first-order chi connectivity index (χ1) is 12.5. The van der Waals surface area contributed by atoms with Gasteiger partial charge in [-0.25, -0.2) is 0 Å². The van der Waals surface area contributed by atoms with Gasteiger partial charge in [-0.15, -0.1) is 0 Å². The van der Waals surface area contributed by atoms with Gasteiger partial charge in [0, 0.05) is 24.7 Å². The van der Waals surface area contributed by atoms with Crippen LogP contribution in [0.25, 0.3) is 0 Å². The van der Waals surface area contributed by atoms with E-state index in [-0.39, 0.29) is 24.4 Å². The molecule has 1 aromatic rings. The summed E-state index contributed by atoms with van der Waals surface area (Å²) in [5, 5.41) is 5.30. The van der Waals surface area contributed by atoms with Crippen molar-refractivity contribution in [2.75, 3.05) is 17.2 Å². The molecule has 2 amide bonds. The maximum absolute atomic E-state index is 11.8. The zero-order valence-corrected chi connectivity index (χ0v) is 15.4. The van der Waals surface area contributed by atoms with Gasteiger partial charge in [-0.2, -0.15) is 0 Å². The quantitative estimate of drug-likeness (QED) is 0.689. The van der Waals surface area contributed by atoms with E-state index >= 15 is 0 Å². The van der Waals surface area contributed by atoms with E-state index in [9.17, 15) is 14.4 Å². The van der Waals surface area contributed by atoms with Gasteiger partial charge in [0.15, 0.2) is 6.61 Å². The van der Waals surface area contributed by atoms with Crippen LogP contribution in [-0.2, 0) is 19.1 Å². The van der Waals surface area contributed by atoms with Gasteiger partial charge in [-0.05, 0) is 43.0 Å². The molecule has 1 aliphatic rings. The predicted molar refractivity (Wildman–Crippen MR) is 101 cm³/mol. The second-order valence-electron chi connectivity index (χ2n) is 6.86. The standard InChI is InChI=1S/C20H28N2O4/c1-15(23)21-17-10-12-18(13-11-17)22-19(24)14-26-20(25)9-5-8-16-6-3-2-4-7-16/h10-13,16H,2-9,14H2,1H3,(H,21,23)(H,22,24). The number of ether oxygens (including phenoxy) is 1. The third kappa shape index (κ3) is 7.68. The van der Waals surface area contributed by atoms with Gasteiger partial charge in [0.05, 0.1) is 0 Å². The van der Waals surface area contributed by atoms with Crippen LogP contribution < -0.4 is 10.6 Å². The van der Waals surface area contributed by atoms with Crippen molar-refractivity contribution >= 4 is 29.2 Å². The van der Waals surface area contributed by atoms with E-state index in [2.05, 4.69) is 10.6 Å². The Kier molecular flexibility index (Phi) is 8.12. The topological polar surface area (TPSA) is 84.5 Å². The fourth-order valence-corrected chi connectivity index (χ4v) is 3.27. The summed E-state index contributed by atoms with van der Waals surface area (Å²) < 4.78 is 5.03. The summed E-state index contributed by atoms with van der Waals surface area (Å²) in [4.78, 5) is 34.5. The van der Waals surface area contributed by atoms with Crippen LogP contribution >= 0.6 is 0 Å². The maximum Gasteiger partial charge on any atom is 0.306 e. The van der Waals surface area contributed by atoms with Crippen molar-refractivity contribution in [1.82, 2.24) is 0 Å². The molecule has 0 bridgehead atoms. The Morgan fingerprint density at radius 1 is 1.00 bits per heavy atom. The number of carbonyl (C=O) groups excluding carboxylic acids is 3. The van der Waals surface area contributed by atoms with Crippen LogP contribution in [-0.4, -0.2) is 24.4 Å². The van der Waals surface area contributed by atoms with Crippen molar-refractivity contribution in [2.45, 2.75) is 58.3 Å². The van der Waals surface area contributed by atoms with Crippen molar-refractivity contribution in [3.05, 3.63) is 24.3 Å². The van der Waals surface area contributed by atoms with E-state index in [4.69, 9.17) is 4.74 Å². The monoisotopic (exact) mass is 360 g/mol. The summed E-state index contributed by atoms with van der Waals surface area (Å²) in [7, 11) is 0. The highest BCUT2D eigenvalue weighted by atomic mass is 16.5. The van der Waals surface area contributed by atoms with Gasteiger partial charge in [0.25, 0.3) is 5.91 Å². The molecule has 0 atom stereocenters. The highest BCUT2D eigenvalue weighted by molar-refractivity contribution is 5.93. The first-order valence-corrected chi connectivity index (χ1v) is 9.36. The first kappa shape index (κ1) is 19.9. The smallest absolute Gasteiger partial charge is 0.306 e. The number of benzene rings is 1. The molecule has 0 radical (unpaired) electrons. The largest absolute Gasteiger partial charge is 0.456 e. The Hall–Kier alpha value is -2.37. The van der Waals surface area contributed by atoms with E-state index in [0.29, 0.717) is 17.8 Å². The van der Waals surface area contributed by atoms with Crippen molar-refractivity contribution in [2.24, 2.45) is 5.92 Å². The summed E-state index contributed by atoms with van der Waals surface area (Å²) in [5.41, 5.74) is 1.23. The van der Waals surface area contributed by atoms with Crippen LogP contribution in [0.2, 0.25) is 0 Å². The summed E-state index contributed by atoms with van der Waals surface area (Å²) in [6.07, 6.45) is 8.77. The van der Waals surface area contributed by atoms with Crippen molar-refractivity contribution in [3.63, 3.8) is 0 Å². The Labute approximate surface area is 154 Å². The molecule has 2 rings (SSSR count). The number of anilines is 2. The summed E-state index contributed by atoms with van der Waals surface area (Å²) in [6, 6.07) is 6.73. The molecule has 6 heteroatoms. The third-order valence-electron chi connectivity index (χ3n) is 4.57. The SMILES string of the molecule is CC(=O)Nc1ccc(NC(=O)COC(=O)CCCC2CCCCC2)cc1. The van der Waals surface area contributed by atoms with Gasteiger partial charge in [-0.1, -0.05) is 32.1 Å². The van der Waals surface area contributed by atoms with Crippen molar-refractivity contribution < 1.29 is 19.1 Å². The molecule has 6 nitrogen and oxygen atoms in total. The summed E-state index contributed by atoms with van der Waals surface area (Å²) in [6.45, 7) is 1.15. The van der Waals surface area contributed by atoms with Crippen molar-refractivity contribution in [3.8, 4) is 0 Å². The van der Waals surface area contributed by atoms with Crippen LogP contribution in [0, 0.1) is 5.92 Å². The predicted octanol–water partition coefficient (Wildman–Crippen LogP) is 3.88. The number of amides is 2. The van der Waals surface area contributed by atoms with Crippen LogP contribution in [0.5, 0.6) is 0 Å². The van der Waals surface area contributed by atoms with Crippen LogP contribution in [0.4, 0.5) is 11.4 Å². The van der Waals surface area contributed by atoms with E-state index in [0.717, 1.165) is 18.8 Å². The van der Waals surface area contributed by atoms with Gasteiger partial charge >= 0.3 is 5.97 Å². The van der Waals surface area contributed by atoms with Gasteiger partial charge < -0.3 is 15.4 Å². The molecular formula is C20H28N2O4. The molecule has 0 aliphatic heterocycles. The van der Waals surface area contributed by atoms with Gasteiger partial charge in [0.1, 0.15) is 0 Å². The Balaban J connectivity index is 1.61. The van der Waals surface area contributed by atoms with E-state index in [1.54, 1.807) is 24.3 Å². The minimum absolute atomic E-state index is 0.155. The van der Waals surface area contributed by atoms with Crippen molar-refractivity contribution in [1.29, 1.82) is 0 Å². The minimum Gasteiger partial charge on any atom is -0.456 e. The number of esters is 1. The third-order valence-corrected chi connectivity index (χ3v) is 4.57. The molecule has 0 heterocycles. The number of carbonyl (C=O) groups is 3. The lowest BCUT2D eigenvalue weighted by molar-refractivity contribution is -0.147. The number of nitrogens with one attached hydrogen (secondary N) is 2. The molecular weight excluding hydrogens is 332 g/mol. The average molecular weight is 360 g/mol. The average Bonchev–Trinajstić information content (AvgIpc) is 2.62. The number of rotatable bonds is 8. The fraction of sp³-hybridized carbons (Fsp3) is 0.550. The lowest BCUT2D eigenvalue weighted by Crippen LogP contribution is -2.21. The molecule has 0 spiro atoms. The Morgan fingerprint density at radius 2 is 1.62 bits per heavy atom. The molecule has 1 saturated carbocycles. The number of hydrogen-bond donors (Lipinski definition) is 2. The molecule has 1 aliphatic carbocycles. The summed E-state index contributed by atoms with van der Waals surface area (Å²) in [5.74, 6) is -0.104. The molecule has 2 N–H and O–H groups in total. The molecule has 0 unspecified atom stereocenters. The molecule has 142 valence electrons. The number of hydrogen-bond acceptors (Lipinski definition) is 4. The highest BCUT2D eigenvalue weighted by Crippen LogP contribution is 2.27. The van der Waals surface area contributed by atoms with E-state index < -0.39 is 0 Å². The fourth-order valence-electron chi connectivity index (χ4n) is 3.27. The lowest BCUT2D eigenvalue weighted by Gasteiger charge is -2.20. The van der Waals surface area contributed by atoms with Gasteiger partial charge in [0.2, 0.25) is 5.91 Å². The molecule has 1 fully saturated rings. The maximum atomic E-state index is 11.8. The van der Waals surface area contributed by atoms with Gasteiger partial charge in [-0.3, -0.25) is 14.4 Å². The Bertz CT molecular complexity index is 607. The molecule has 0 saturated heterocycles. The zero-order chi connectivity index (χ0) is 18.8. The lowest BCUT2D eigenvalue weighted by atomic mass is 9.86. The van der Waals surface area contributed by atoms with Crippen LogP contribution in [0.15, 0.2) is 24.3 Å². The Morgan fingerprint density at radius 3 is 2.23 bits per heavy atom. The second kappa shape index (κ2) is 10.6. The van der Waals surface area contributed by atoms with E-state index in [1.807, 2.05) is 0 Å². The molecule has 26 heavy (non-hydrogen) atoms. The van der Waals surface area contributed by atoms with E-state index in [1.165, 1.54) is 39.0 Å². The minimum atomic E-state index is -0.377. The zero-order valence-electron chi connectivity index (χ0n) is 15.4. The van der Waals surface area contributed by atoms with Crippen LogP contribution in [0.1, 0.15) is 58.3 Å².